The summed E-state index contributed by atoms with van der Waals surface area (Å²) in [5.41, 5.74) is 5.33. The molecular weight excluding hydrogens is 155 g/mol. The summed E-state index contributed by atoms with van der Waals surface area (Å²) >= 11 is 0. The van der Waals surface area contributed by atoms with Crippen LogP contribution < -0.4 is 16.1 Å². The number of benzene rings is 1. The highest BCUT2D eigenvalue weighted by Crippen LogP contribution is 2.01. The van der Waals surface area contributed by atoms with Gasteiger partial charge in [-0.3, -0.25) is 5.09 Å². The van der Waals surface area contributed by atoms with Crippen molar-refractivity contribution in [2.24, 2.45) is 5.73 Å². The molecule has 0 amide bonds. The van der Waals surface area contributed by atoms with Gasteiger partial charge in [0.1, 0.15) is 0 Å². The van der Waals surface area contributed by atoms with Crippen LogP contribution in [-0.2, 0) is 0 Å². The molecule has 0 saturated heterocycles. The quantitative estimate of drug-likeness (QED) is 0.506. The third-order valence-electron chi connectivity index (χ3n) is 1.28. The molecule has 2 nitrogen and oxygen atoms in total. The largest absolute Gasteiger partial charge is 0.329 e. The maximum Gasteiger partial charge on any atom is 0.0114 e. The molecule has 1 unspecified atom stereocenters. The van der Waals surface area contributed by atoms with Crippen molar-refractivity contribution in [3.8, 4) is 0 Å². The van der Waals surface area contributed by atoms with Crippen LogP contribution in [0.4, 0.5) is 0 Å². The van der Waals surface area contributed by atoms with Crippen molar-refractivity contribution in [3.05, 3.63) is 30.3 Å². The SMILES string of the molecule is NCCNPc1ccccc1. The average Bonchev–Trinajstić information content (AvgIpc) is 2.07. The Balaban J connectivity index is 2.28. The van der Waals surface area contributed by atoms with Crippen LogP contribution in [-0.4, -0.2) is 13.1 Å². The lowest BCUT2D eigenvalue weighted by molar-refractivity contribution is 0.915. The molecule has 1 aromatic carbocycles. The van der Waals surface area contributed by atoms with Crippen LogP contribution in [0.5, 0.6) is 0 Å². The first-order valence-electron chi connectivity index (χ1n) is 3.67. The first-order chi connectivity index (χ1) is 5.43. The Morgan fingerprint density at radius 2 is 2.00 bits per heavy atom. The third kappa shape index (κ3) is 3.47. The zero-order chi connectivity index (χ0) is 7.94. The molecule has 0 aliphatic carbocycles. The van der Waals surface area contributed by atoms with E-state index in [1.165, 1.54) is 5.30 Å². The van der Waals surface area contributed by atoms with Gasteiger partial charge in [0.05, 0.1) is 0 Å². The lowest BCUT2D eigenvalue weighted by atomic mass is 10.4. The summed E-state index contributed by atoms with van der Waals surface area (Å²) in [6.07, 6.45) is 0. The topological polar surface area (TPSA) is 38.0 Å². The van der Waals surface area contributed by atoms with Gasteiger partial charge < -0.3 is 5.73 Å². The fourth-order valence-corrected chi connectivity index (χ4v) is 1.59. The molecule has 0 aliphatic rings. The summed E-state index contributed by atoms with van der Waals surface area (Å²) in [6, 6.07) is 10.3. The fourth-order valence-electron chi connectivity index (χ4n) is 0.758. The Morgan fingerprint density at radius 1 is 1.27 bits per heavy atom. The van der Waals surface area contributed by atoms with Gasteiger partial charge in [0, 0.05) is 13.1 Å². The Hall–Kier alpha value is -0.430. The van der Waals surface area contributed by atoms with Gasteiger partial charge in [0.15, 0.2) is 0 Å². The Bertz CT molecular complexity index is 189. The summed E-state index contributed by atoms with van der Waals surface area (Å²) in [5.74, 6) is 0. The lowest BCUT2D eigenvalue weighted by Gasteiger charge is -2.01. The molecule has 1 rings (SSSR count). The van der Waals surface area contributed by atoms with E-state index < -0.39 is 0 Å². The van der Waals surface area contributed by atoms with E-state index in [9.17, 15) is 0 Å². The molecular formula is C8H13N2P. The van der Waals surface area contributed by atoms with Crippen LogP contribution in [0.2, 0.25) is 0 Å². The predicted octanol–water partition coefficient (Wildman–Crippen LogP) is 0.454. The van der Waals surface area contributed by atoms with E-state index in [1.807, 2.05) is 18.2 Å². The number of hydrogen-bond donors (Lipinski definition) is 2. The average molecular weight is 168 g/mol. The number of rotatable bonds is 4. The molecule has 3 heteroatoms. The Morgan fingerprint density at radius 3 is 2.64 bits per heavy atom. The normalized spacial score (nSPS) is 11.0. The van der Waals surface area contributed by atoms with Gasteiger partial charge in [-0.1, -0.05) is 30.3 Å². The minimum Gasteiger partial charge on any atom is -0.329 e. The zero-order valence-electron chi connectivity index (χ0n) is 6.38. The summed E-state index contributed by atoms with van der Waals surface area (Å²) in [7, 11) is 0.681. The van der Waals surface area contributed by atoms with Crippen molar-refractivity contribution in [3.63, 3.8) is 0 Å². The molecule has 60 valence electrons. The molecule has 0 saturated carbocycles. The van der Waals surface area contributed by atoms with E-state index in [0.29, 0.717) is 15.3 Å². The van der Waals surface area contributed by atoms with E-state index in [4.69, 9.17) is 5.73 Å². The molecule has 0 heterocycles. The molecule has 0 fully saturated rings. The monoisotopic (exact) mass is 168 g/mol. The second-order valence-corrected chi connectivity index (χ2v) is 3.39. The predicted molar refractivity (Wildman–Crippen MR) is 51.4 cm³/mol. The molecule has 0 bridgehead atoms. The molecule has 0 aliphatic heterocycles. The van der Waals surface area contributed by atoms with Gasteiger partial charge in [-0.05, 0) is 14.0 Å². The van der Waals surface area contributed by atoms with Gasteiger partial charge in [0.2, 0.25) is 0 Å². The van der Waals surface area contributed by atoms with Crippen molar-refractivity contribution in [1.82, 2.24) is 5.09 Å². The van der Waals surface area contributed by atoms with Gasteiger partial charge in [-0.25, -0.2) is 0 Å². The molecule has 1 aromatic rings. The summed E-state index contributed by atoms with van der Waals surface area (Å²) in [4.78, 5) is 0. The van der Waals surface area contributed by atoms with Crippen LogP contribution in [0.15, 0.2) is 30.3 Å². The van der Waals surface area contributed by atoms with E-state index in [1.54, 1.807) is 0 Å². The molecule has 1 atom stereocenters. The standard InChI is InChI=1S/C8H13N2P/c9-6-7-10-11-8-4-2-1-3-5-8/h1-5,10-11H,6-7,9H2. The summed E-state index contributed by atoms with van der Waals surface area (Å²) in [5, 5.41) is 4.59. The molecule has 3 N–H and O–H groups in total. The first kappa shape index (κ1) is 8.66. The van der Waals surface area contributed by atoms with Gasteiger partial charge >= 0.3 is 0 Å². The number of nitrogens with one attached hydrogen (secondary N) is 1. The van der Waals surface area contributed by atoms with Crippen LogP contribution in [0.25, 0.3) is 0 Å². The lowest BCUT2D eigenvalue weighted by Crippen LogP contribution is -2.17. The highest BCUT2D eigenvalue weighted by atomic mass is 31.1. The Labute approximate surface area is 69.0 Å². The molecule has 11 heavy (non-hydrogen) atoms. The second-order valence-electron chi connectivity index (χ2n) is 2.21. The van der Waals surface area contributed by atoms with Gasteiger partial charge in [0.25, 0.3) is 0 Å². The van der Waals surface area contributed by atoms with Crippen molar-refractivity contribution in [2.75, 3.05) is 13.1 Å². The molecule has 0 aromatic heterocycles. The van der Waals surface area contributed by atoms with Gasteiger partial charge in [-0.2, -0.15) is 0 Å². The smallest absolute Gasteiger partial charge is 0.0114 e. The number of hydrogen-bond acceptors (Lipinski definition) is 2. The minimum atomic E-state index is 0.681. The van der Waals surface area contributed by atoms with E-state index >= 15 is 0 Å². The van der Waals surface area contributed by atoms with Crippen molar-refractivity contribution >= 4 is 14.0 Å². The number of nitrogens with two attached hydrogens (primary N) is 1. The molecule has 0 radical (unpaired) electrons. The second kappa shape index (κ2) is 5.25. The fraction of sp³-hybridized carbons (Fsp3) is 0.250. The summed E-state index contributed by atoms with van der Waals surface area (Å²) in [6.45, 7) is 1.60. The van der Waals surface area contributed by atoms with Crippen LogP contribution in [0.3, 0.4) is 0 Å². The third-order valence-corrected chi connectivity index (χ3v) is 2.32. The Kier molecular flexibility index (Phi) is 4.14. The highest BCUT2D eigenvalue weighted by molar-refractivity contribution is 7.45. The van der Waals surface area contributed by atoms with Crippen LogP contribution in [0.1, 0.15) is 0 Å². The van der Waals surface area contributed by atoms with Crippen molar-refractivity contribution < 1.29 is 0 Å². The van der Waals surface area contributed by atoms with E-state index in [-0.39, 0.29) is 0 Å². The summed E-state index contributed by atoms with van der Waals surface area (Å²) < 4.78 is 0. The minimum absolute atomic E-state index is 0.681. The zero-order valence-corrected chi connectivity index (χ0v) is 7.38. The van der Waals surface area contributed by atoms with Crippen LogP contribution >= 0.6 is 8.73 Å². The molecule has 0 spiro atoms. The van der Waals surface area contributed by atoms with E-state index in [2.05, 4.69) is 17.2 Å². The highest BCUT2D eigenvalue weighted by Gasteiger charge is 1.87. The van der Waals surface area contributed by atoms with Gasteiger partial charge in [-0.15, -0.1) is 0 Å². The van der Waals surface area contributed by atoms with Crippen LogP contribution in [0, 0.1) is 0 Å². The maximum atomic E-state index is 5.33. The van der Waals surface area contributed by atoms with Crippen molar-refractivity contribution in [1.29, 1.82) is 0 Å². The van der Waals surface area contributed by atoms with Crippen molar-refractivity contribution in [2.45, 2.75) is 0 Å². The maximum absolute atomic E-state index is 5.33. The first-order valence-corrected chi connectivity index (χ1v) is 4.67. The van der Waals surface area contributed by atoms with E-state index in [0.717, 1.165) is 6.54 Å².